The molecule has 0 aliphatic carbocycles. The number of fused-ring (bicyclic) bond motifs is 14. The quantitative estimate of drug-likeness (QED) is 0.173. The topological polar surface area (TPSA) is 43.1 Å². The van der Waals surface area contributed by atoms with E-state index in [4.69, 9.17) is 9.97 Å². The minimum atomic E-state index is 0.931. The van der Waals surface area contributed by atoms with Crippen LogP contribution >= 0.6 is 0 Å². The highest BCUT2D eigenvalue weighted by Crippen LogP contribution is 2.42. The lowest BCUT2D eigenvalue weighted by atomic mass is 9.89. The normalized spacial score (nSPS) is 12.0. The van der Waals surface area contributed by atoms with Crippen LogP contribution in [0.2, 0.25) is 0 Å². The van der Waals surface area contributed by atoms with Crippen molar-refractivity contribution in [3.05, 3.63) is 182 Å². The Hall–Kier alpha value is -7.43. The number of aromatic nitrogens is 4. The van der Waals surface area contributed by atoms with Crippen LogP contribution in [0.15, 0.2) is 182 Å². The molecule has 12 rings (SSSR count). The molecule has 0 radical (unpaired) electrons. The third kappa shape index (κ3) is 4.43. The molecule has 0 bridgehead atoms. The van der Waals surface area contributed by atoms with Crippen molar-refractivity contribution in [2.45, 2.75) is 0 Å². The first-order valence-corrected chi connectivity index (χ1v) is 18.7. The first kappa shape index (κ1) is 30.1. The molecule has 0 saturated heterocycles. The Kier molecular flexibility index (Phi) is 6.31. The predicted octanol–water partition coefficient (Wildman–Crippen LogP) is 13.2. The second-order valence-electron chi connectivity index (χ2n) is 14.4. The molecule has 0 atom stereocenters. The van der Waals surface area contributed by atoms with Crippen molar-refractivity contribution < 1.29 is 0 Å². The smallest absolute Gasteiger partial charge is 0.0970 e. The van der Waals surface area contributed by atoms with Gasteiger partial charge in [0.2, 0.25) is 0 Å². The molecular weight excluding hydrogens is 669 g/mol. The molecule has 4 heteroatoms. The van der Waals surface area contributed by atoms with E-state index in [0.29, 0.717) is 0 Å². The molecule has 0 saturated carbocycles. The molecule has 8 aromatic carbocycles. The molecule has 0 aliphatic heterocycles. The number of benzene rings is 8. The van der Waals surface area contributed by atoms with Gasteiger partial charge in [-0.3, -0.25) is 15.0 Å². The van der Waals surface area contributed by atoms with Gasteiger partial charge in [0.1, 0.15) is 0 Å². The fourth-order valence-corrected chi connectivity index (χ4v) is 8.99. The second kappa shape index (κ2) is 11.5. The maximum absolute atomic E-state index is 4.85. The number of para-hydroxylation sites is 3. The predicted molar refractivity (Wildman–Crippen MR) is 230 cm³/mol. The van der Waals surface area contributed by atoms with E-state index >= 15 is 0 Å². The van der Waals surface area contributed by atoms with Gasteiger partial charge in [0, 0.05) is 34.1 Å². The maximum atomic E-state index is 4.85. The van der Waals surface area contributed by atoms with E-state index in [-0.39, 0.29) is 0 Å². The van der Waals surface area contributed by atoms with Crippen molar-refractivity contribution in [1.29, 1.82) is 0 Å². The summed E-state index contributed by atoms with van der Waals surface area (Å²) >= 11 is 0. The van der Waals surface area contributed by atoms with Crippen molar-refractivity contribution in [1.82, 2.24) is 19.4 Å². The lowest BCUT2D eigenvalue weighted by Crippen LogP contribution is -1.90. The maximum Gasteiger partial charge on any atom is 0.0970 e. The SMILES string of the molecule is c1cnc2c(c1)cc(-c1ccc3c4ccc(-c5ccc(-c6c7ccccc7n7c6cnc6ccccc67)cc5)cc4c4ccccc4c3c1)c1cccnc12. The number of pyridine rings is 2. The summed E-state index contributed by atoms with van der Waals surface area (Å²) in [5.74, 6) is 0. The summed E-state index contributed by atoms with van der Waals surface area (Å²) < 4.78 is 2.35. The molecule has 0 aliphatic rings. The number of hydrogen-bond donors (Lipinski definition) is 0. The summed E-state index contributed by atoms with van der Waals surface area (Å²) in [6.45, 7) is 0. The molecule has 4 aromatic heterocycles. The van der Waals surface area contributed by atoms with Crippen molar-refractivity contribution >= 4 is 81.6 Å². The largest absolute Gasteiger partial charge is 0.306 e. The van der Waals surface area contributed by atoms with Crippen LogP contribution in [0.5, 0.6) is 0 Å². The first-order chi connectivity index (χ1) is 27.3. The molecular formula is C51H30N4. The summed E-state index contributed by atoms with van der Waals surface area (Å²) in [6.07, 6.45) is 5.72. The van der Waals surface area contributed by atoms with Gasteiger partial charge in [0.05, 0.1) is 39.3 Å². The molecule has 55 heavy (non-hydrogen) atoms. The average molecular weight is 699 g/mol. The van der Waals surface area contributed by atoms with Gasteiger partial charge in [-0.2, -0.15) is 0 Å². The Labute approximate surface area is 315 Å². The fourth-order valence-electron chi connectivity index (χ4n) is 8.99. The third-order valence-corrected chi connectivity index (χ3v) is 11.5. The Balaban J connectivity index is 0.999. The molecule has 0 N–H and O–H groups in total. The fraction of sp³-hybridized carbons (Fsp3) is 0. The van der Waals surface area contributed by atoms with Crippen molar-refractivity contribution in [3.63, 3.8) is 0 Å². The van der Waals surface area contributed by atoms with Crippen LogP contribution in [0.3, 0.4) is 0 Å². The Morgan fingerprint density at radius 2 is 0.927 bits per heavy atom. The van der Waals surface area contributed by atoms with Crippen LogP contribution in [-0.2, 0) is 0 Å². The van der Waals surface area contributed by atoms with E-state index in [1.165, 1.54) is 76.6 Å². The van der Waals surface area contributed by atoms with E-state index in [2.05, 4.69) is 155 Å². The number of hydrogen-bond acceptors (Lipinski definition) is 3. The zero-order chi connectivity index (χ0) is 36.0. The lowest BCUT2D eigenvalue weighted by Gasteiger charge is -2.15. The minimum absolute atomic E-state index is 0.931. The summed E-state index contributed by atoms with van der Waals surface area (Å²) in [7, 11) is 0. The highest BCUT2D eigenvalue weighted by atomic mass is 14.9. The van der Waals surface area contributed by atoms with Crippen molar-refractivity contribution in [3.8, 4) is 33.4 Å². The highest BCUT2D eigenvalue weighted by molar-refractivity contribution is 6.26. The minimum Gasteiger partial charge on any atom is -0.306 e. The summed E-state index contributed by atoms with van der Waals surface area (Å²) in [5.41, 5.74) is 13.4. The number of rotatable bonds is 3. The molecule has 0 spiro atoms. The Bertz CT molecular complexity index is 3520. The summed E-state index contributed by atoms with van der Waals surface area (Å²) in [6, 6.07) is 59.3. The molecule has 0 amide bonds. The molecule has 254 valence electrons. The van der Waals surface area contributed by atoms with Crippen LogP contribution in [0.4, 0.5) is 0 Å². The van der Waals surface area contributed by atoms with Gasteiger partial charge in [0.15, 0.2) is 0 Å². The molecule has 4 heterocycles. The highest BCUT2D eigenvalue weighted by Gasteiger charge is 2.17. The van der Waals surface area contributed by atoms with Gasteiger partial charge in [-0.25, -0.2) is 0 Å². The molecule has 12 aromatic rings. The molecule has 4 nitrogen and oxygen atoms in total. The van der Waals surface area contributed by atoms with Gasteiger partial charge in [-0.15, -0.1) is 0 Å². The van der Waals surface area contributed by atoms with Crippen LogP contribution < -0.4 is 0 Å². The van der Waals surface area contributed by atoms with E-state index in [0.717, 1.165) is 38.4 Å². The average Bonchev–Trinajstić information content (AvgIpc) is 3.61. The van der Waals surface area contributed by atoms with E-state index in [1.54, 1.807) is 0 Å². The van der Waals surface area contributed by atoms with Gasteiger partial charge >= 0.3 is 0 Å². The van der Waals surface area contributed by atoms with Gasteiger partial charge in [-0.05, 0) is 109 Å². The monoisotopic (exact) mass is 698 g/mol. The van der Waals surface area contributed by atoms with Gasteiger partial charge in [-0.1, -0.05) is 115 Å². The zero-order valence-corrected chi connectivity index (χ0v) is 29.6. The third-order valence-electron chi connectivity index (χ3n) is 11.5. The number of nitrogens with zero attached hydrogens (tertiary/aromatic N) is 4. The van der Waals surface area contributed by atoms with E-state index in [1.807, 2.05) is 36.8 Å². The molecule has 0 fully saturated rings. The van der Waals surface area contributed by atoms with Gasteiger partial charge < -0.3 is 4.40 Å². The van der Waals surface area contributed by atoms with Crippen molar-refractivity contribution in [2.24, 2.45) is 0 Å². The van der Waals surface area contributed by atoms with E-state index < -0.39 is 0 Å². The van der Waals surface area contributed by atoms with Crippen molar-refractivity contribution in [2.75, 3.05) is 0 Å². The van der Waals surface area contributed by atoms with Crippen LogP contribution in [0, 0.1) is 0 Å². The lowest BCUT2D eigenvalue weighted by molar-refractivity contribution is 1.27. The standard InChI is InChI=1S/C51H30N4/c1-2-11-37-36(10-1)43-27-33(31-17-19-32(20-18-31)49-41-12-3-5-15-46(41)55-47-16-6-4-14-45(47)54-30-48(49)55)21-23-38(43)39-24-22-34(28-44(37)39)42-29-35-9-7-25-52-50(35)51-40(42)13-8-26-53-51/h1-30H. The Morgan fingerprint density at radius 1 is 0.345 bits per heavy atom. The van der Waals surface area contributed by atoms with Crippen LogP contribution in [0.25, 0.3) is 115 Å². The second-order valence-corrected chi connectivity index (χ2v) is 14.4. The van der Waals surface area contributed by atoms with Crippen LogP contribution in [-0.4, -0.2) is 19.4 Å². The van der Waals surface area contributed by atoms with Gasteiger partial charge in [0.25, 0.3) is 0 Å². The summed E-state index contributed by atoms with van der Waals surface area (Å²) in [4.78, 5) is 14.3. The summed E-state index contributed by atoms with van der Waals surface area (Å²) in [5, 5.41) is 10.9. The first-order valence-electron chi connectivity index (χ1n) is 18.7. The Morgan fingerprint density at radius 3 is 1.73 bits per heavy atom. The van der Waals surface area contributed by atoms with E-state index in [9.17, 15) is 0 Å². The van der Waals surface area contributed by atoms with Crippen LogP contribution in [0.1, 0.15) is 0 Å². The molecule has 0 unspecified atom stereocenters. The zero-order valence-electron chi connectivity index (χ0n) is 29.6.